The lowest BCUT2D eigenvalue weighted by Crippen LogP contribution is -2.17. The van der Waals surface area contributed by atoms with Gasteiger partial charge in [0.15, 0.2) is 5.65 Å². The molecule has 2 heterocycles. The summed E-state index contributed by atoms with van der Waals surface area (Å²) < 4.78 is 39.1. The van der Waals surface area contributed by atoms with Crippen LogP contribution in [0.5, 0.6) is 0 Å². The molecule has 2 aromatic rings. The Morgan fingerprint density at radius 2 is 2.05 bits per heavy atom. The Labute approximate surface area is 119 Å². The van der Waals surface area contributed by atoms with E-state index in [4.69, 9.17) is 0 Å². The van der Waals surface area contributed by atoms with Crippen LogP contribution < -0.4 is 5.32 Å². The molecule has 0 spiro atoms. The molecule has 0 radical (unpaired) electrons. The number of rotatable bonds is 5. The van der Waals surface area contributed by atoms with Gasteiger partial charge in [0.25, 0.3) is 5.82 Å². The van der Waals surface area contributed by atoms with Crippen LogP contribution in [-0.4, -0.2) is 26.4 Å². The minimum atomic E-state index is -4.56. The number of halogens is 3. The van der Waals surface area contributed by atoms with Crippen LogP contribution in [0.15, 0.2) is 12.1 Å². The smallest absolute Gasteiger partial charge is 0.368 e. The summed E-state index contributed by atoms with van der Waals surface area (Å²) in [5, 5.41) is 13.7. The molecule has 114 valence electrons. The van der Waals surface area contributed by atoms with Crippen molar-refractivity contribution in [1.82, 2.24) is 19.8 Å². The molecular formula is C13H16F3N5. The van der Waals surface area contributed by atoms with Crippen molar-refractivity contribution < 1.29 is 13.2 Å². The van der Waals surface area contributed by atoms with Gasteiger partial charge < -0.3 is 5.32 Å². The van der Waals surface area contributed by atoms with Crippen molar-refractivity contribution in [2.45, 2.75) is 38.8 Å². The molecule has 1 aliphatic rings. The molecule has 0 atom stereocenters. The molecule has 1 aliphatic carbocycles. The SMILES string of the molecule is CCCC1(CNc2ccc3nnc(C(F)(F)F)n3n2)CC1. The summed E-state index contributed by atoms with van der Waals surface area (Å²) in [5.41, 5.74) is 0.383. The van der Waals surface area contributed by atoms with E-state index in [-0.39, 0.29) is 5.65 Å². The number of hydrogen-bond donors (Lipinski definition) is 1. The van der Waals surface area contributed by atoms with Crippen molar-refractivity contribution in [3.05, 3.63) is 18.0 Å². The molecule has 0 bridgehead atoms. The second-order valence-corrected chi connectivity index (χ2v) is 5.61. The highest BCUT2D eigenvalue weighted by Gasteiger charge is 2.41. The van der Waals surface area contributed by atoms with Crippen LogP contribution in [0.3, 0.4) is 0 Å². The van der Waals surface area contributed by atoms with Crippen molar-refractivity contribution in [2.24, 2.45) is 5.41 Å². The van der Waals surface area contributed by atoms with E-state index >= 15 is 0 Å². The Morgan fingerprint density at radius 3 is 2.67 bits per heavy atom. The fourth-order valence-electron chi connectivity index (χ4n) is 2.56. The lowest BCUT2D eigenvalue weighted by Gasteiger charge is -2.15. The van der Waals surface area contributed by atoms with Gasteiger partial charge in [0.1, 0.15) is 5.82 Å². The average molecular weight is 299 g/mol. The maximum absolute atomic E-state index is 12.8. The van der Waals surface area contributed by atoms with Crippen molar-refractivity contribution in [3.63, 3.8) is 0 Å². The second kappa shape index (κ2) is 4.85. The van der Waals surface area contributed by atoms with Gasteiger partial charge in [0.2, 0.25) is 0 Å². The van der Waals surface area contributed by atoms with Crippen LogP contribution in [0.1, 0.15) is 38.4 Å². The summed E-state index contributed by atoms with van der Waals surface area (Å²) in [4.78, 5) is 0. The number of nitrogens with zero attached hydrogens (tertiary/aromatic N) is 4. The molecule has 1 fully saturated rings. The first-order chi connectivity index (χ1) is 9.93. The van der Waals surface area contributed by atoms with Gasteiger partial charge in [-0.2, -0.15) is 17.7 Å². The Hall–Kier alpha value is -1.86. The number of anilines is 1. The zero-order valence-electron chi connectivity index (χ0n) is 11.6. The number of fused-ring (bicyclic) bond motifs is 1. The third-order valence-electron chi connectivity index (χ3n) is 3.90. The van der Waals surface area contributed by atoms with Gasteiger partial charge in [-0.25, -0.2) is 0 Å². The first kappa shape index (κ1) is 14.1. The minimum absolute atomic E-state index is 0.0857. The molecule has 0 amide bonds. The van der Waals surface area contributed by atoms with Gasteiger partial charge in [-0.15, -0.1) is 15.3 Å². The van der Waals surface area contributed by atoms with Crippen LogP contribution >= 0.6 is 0 Å². The normalized spacial score (nSPS) is 17.1. The summed E-state index contributed by atoms with van der Waals surface area (Å²) in [6.45, 7) is 2.87. The number of nitrogens with one attached hydrogen (secondary N) is 1. The highest BCUT2D eigenvalue weighted by Crippen LogP contribution is 2.49. The maximum Gasteiger partial charge on any atom is 0.453 e. The van der Waals surface area contributed by atoms with Crippen molar-refractivity contribution in [1.29, 1.82) is 0 Å². The molecule has 2 aromatic heterocycles. The Bertz CT molecular complexity index is 645. The lowest BCUT2D eigenvalue weighted by atomic mass is 10.0. The molecule has 0 saturated heterocycles. The van der Waals surface area contributed by atoms with Crippen molar-refractivity contribution >= 4 is 11.5 Å². The van der Waals surface area contributed by atoms with E-state index < -0.39 is 12.0 Å². The highest BCUT2D eigenvalue weighted by molar-refractivity contribution is 5.44. The topological polar surface area (TPSA) is 55.1 Å². The maximum atomic E-state index is 12.8. The Balaban J connectivity index is 1.80. The predicted molar refractivity (Wildman–Crippen MR) is 70.8 cm³/mol. The van der Waals surface area contributed by atoms with E-state index in [1.807, 2.05) is 0 Å². The summed E-state index contributed by atoms with van der Waals surface area (Å²) in [6.07, 6.45) is -0.00151. The molecule has 3 rings (SSSR count). The third kappa shape index (κ3) is 2.79. The van der Waals surface area contributed by atoms with Gasteiger partial charge in [0, 0.05) is 6.54 Å². The molecule has 0 aromatic carbocycles. The molecule has 0 aliphatic heterocycles. The Morgan fingerprint density at radius 1 is 1.29 bits per heavy atom. The van der Waals surface area contributed by atoms with Crippen LogP contribution in [0.2, 0.25) is 0 Å². The van der Waals surface area contributed by atoms with Gasteiger partial charge in [-0.1, -0.05) is 13.3 Å². The third-order valence-corrected chi connectivity index (χ3v) is 3.90. The number of alkyl halides is 3. The van der Waals surface area contributed by atoms with Crippen LogP contribution in [0.25, 0.3) is 5.65 Å². The van der Waals surface area contributed by atoms with Crippen molar-refractivity contribution in [2.75, 3.05) is 11.9 Å². The lowest BCUT2D eigenvalue weighted by molar-refractivity contribution is -0.146. The monoisotopic (exact) mass is 299 g/mol. The van der Waals surface area contributed by atoms with Gasteiger partial charge in [-0.05, 0) is 36.8 Å². The van der Waals surface area contributed by atoms with E-state index in [0.717, 1.165) is 36.7 Å². The van der Waals surface area contributed by atoms with Gasteiger partial charge >= 0.3 is 6.18 Å². The minimum Gasteiger partial charge on any atom is -0.368 e. The zero-order valence-corrected chi connectivity index (χ0v) is 11.6. The van der Waals surface area contributed by atoms with E-state index in [1.165, 1.54) is 6.07 Å². The zero-order chi connectivity index (χ0) is 15.1. The van der Waals surface area contributed by atoms with Crippen LogP contribution in [0, 0.1) is 5.41 Å². The van der Waals surface area contributed by atoms with Crippen LogP contribution in [0.4, 0.5) is 19.0 Å². The summed E-state index contributed by atoms with van der Waals surface area (Å²) in [7, 11) is 0. The number of hydrogen-bond acceptors (Lipinski definition) is 4. The fourth-order valence-corrected chi connectivity index (χ4v) is 2.56. The highest BCUT2D eigenvalue weighted by atomic mass is 19.4. The van der Waals surface area contributed by atoms with Crippen LogP contribution in [-0.2, 0) is 6.18 Å². The molecular weight excluding hydrogens is 283 g/mol. The summed E-state index contributed by atoms with van der Waals surface area (Å²) in [6, 6.07) is 3.11. The average Bonchev–Trinajstić information content (AvgIpc) is 3.04. The number of aromatic nitrogens is 4. The largest absolute Gasteiger partial charge is 0.453 e. The van der Waals surface area contributed by atoms with Gasteiger partial charge in [-0.3, -0.25) is 0 Å². The van der Waals surface area contributed by atoms with Crippen molar-refractivity contribution in [3.8, 4) is 0 Å². The quantitative estimate of drug-likeness (QED) is 0.921. The van der Waals surface area contributed by atoms with E-state index in [1.54, 1.807) is 6.07 Å². The summed E-state index contributed by atoms with van der Waals surface area (Å²) in [5.74, 6) is -0.689. The first-order valence-corrected chi connectivity index (χ1v) is 6.97. The second-order valence-electron chi connectivity index (χ2n) is 5.61. The molecule has 8 heteroatoms. The fraction of sp³-hybridized carbons (Fsp3) is 0.615. The first-order valence-electron chi connectivity index (χ1n) is 6.97. The van der Waals surface area contributed by atoms with E-state index in [9.17, 15) is 13.2 Å². The van der Waals surface area contributed by atoms with E-state index in [2.05, 4.69) is 27.5 Å². The Kier molecular flexibility index (Phi) is 3.26. The molecule has 21 heavy (non-hydrogen) atoms. The predicted octanol–water partition coefficient (Wildman–Crippen LogP) is 3.14. The standard InChI is InChI=1S/C13H16F3N5/c1-2-5-12(6-7-12)8-17-9-3-4-10-18-19-11(13(14,15)16)21(10)20-9/h3-4H,2,5-8H2,1H3,(H,17,20). The molecule has 0 unspecified atom stereocenters. The molecule has 1 saturated carbocycles. The van der Waals surface area contributed by atoms with Gasteiger partial charge in [0.05, 0.1) is 0 Å². The summed E-state index contributed by atoms with van der Waals surface area (Å²) >= 11 is 0. The molecule has 5 nitrogen and oxygen atoms in total. The van der Waals surface area contributed by atoms with E-state index in [0.29, 0.717) is 11.2 Å². The molecule has 1 N–H and O–H groups in total.